The maximum absolute atomic E-state index is 12.8. The molecule has 7 heteroatoms. The number of alkyl halides is 3. The van der Waals surface area contributed by atoms with Crippen molar-refractivity contribution in [2.75, 3.05) is 26.7 Å². The Kier molecular flexibility index (Phi) is 5.66. The van der Waals surface area contributed by atoms with Crippen LogP contribution in [0.1, 0.15) is 33.6 Å². The van der Waals surface area contributed by atoms with Crippen LogP contribution in [0.3, 0.4) is 0 Å². The standard InChI is InChI=1S/C14H26F3N3O/c1-10(2)19(4)9-11-5-7-20(8-6-11)12(21)13(3,18)14(15,16)17/h10-11H,5-9,18H2,1-4H3. The Hall–Kier alpha value is -0.820. The van der Waals surface area contributed by atoms with Crippen molar-refractivity contribution < 1.29 is 18.0 Å². The molecule has 0 aliphatic carbocycles. The van der Waals surface area contributed by atoms with Crippen molar-refractivity contribution in [2.24, 2.45) is 11.7 Å². The molecule has 1 fully saturated rings. The highest BCUT2D eigenvalue weighted by Gasteiger charge is 2.55. The second-order valence-electron chi connectivity index (χ2n) is 6.47. The van der Waals surface area contributed by atoms with E-state index in [1.54, 1.807) is 0 Å². The summed E-state index contributed by atoms with van der Waals surface area (Å²) in [5.74, 6) is -0.609. The monoisotopic (exact) mass is 309 g/mol. The van der Waals surface area contributed by atoms with E-state index in [9.17, 15) is 18.0 Å². The molecule has 21 heavy (non-hydrogen) atoms. The fourth-order valence-electron chi connectivity index (χ4n) is 2.39. The first-order valence-corrected chi connectivity index (χ1v) is 7.32. The first-order chi connectivity index (χ1) is 9.46. The van der Waals surface area contributed by atoms with Gasteiger partial charge in [-0.05, 0) is 46.6 Å². The Morgan fingerprint density at radius 3 is 2.19 bits per heavy atom. The van der Waals surface area contributed by atoms with E-state index in [-0.39, 0.29) is 0 Å². The number of amides is 1. The van der Waals surface area contributed by atoms with E-state index in [0.717, 1.165) is 26.3 Å². The summed E-state index contributed by atoms with van der Waals surface area (Å²) in [4.78, 5) is 15.4. The maximum atomic E-state index is 12.8. The molecule has 4 nitrogen and oxygen atoms in total. The van der Waals surface area contributed by atoms with Gasteiger partial charge in [-0.25, -0.2) is 0 Å². The quantitative estimate of drug-likeness (QED) is 0.862. The number of hydrogen-bond donors (Lipinski definition) is 1. The molecule has 0 radical (unpaired) electrons. The predicted molar refractivity (Wildman–Crippen MR) is 75.7 cm³/mol. The average molecular weight is 309 g/mol. The third kappa shape index (κ3) is 4.32. The highest BCUT2D eigenvalue weighted by Crippen LogP contribution is 2.31. The molecular formula is C14H26F3N3O. The van der Waals surface area contributed by atoms with Crippen molar-refractivity contribution in [2.45, 2.75) is 51.4 Å². The van der Waals surface area contributed by atoms with E-state index >= 15 is 0 Å². The molecule has 1 saturated heterocycles. The van der Waals surface area contributed by atoms with Gasteiger partial charge in [0.05, 0.1) is 0 Å². The third-order valence-corrected chi connectivity index (χ3v) is 4.36. The zero-order valence-corrected chi connectivity index (χ0v) is 13.2. The number of carbonyl (C=O) groups excluding carboxylic acids is 1. The van der Waals surface area contributed by atoms with Crippen molar-refractivity contribution in [1.29, 1.82) is 0 Å². The maximum Gasteiger partial charge on any atom is 0.415 e. The molecule has 0 aromatic carbocycles. The van der Waals surface area contributed by atoms with E-state index in [2.05, 4.69) is 18.7 Å². The zero-order valence-electron chi connectivity index (χ0n) is 13.2. The lowest BCUT2D eigenvalue weighted by molar-refractivity contribution is -0.194. The normalized spacial score (nSPS) is 21.0. The van der Waals surface area contributed by atoms with Gasteiger partial charge >= 0.3 is 6.18 Å². The molecule has 1 aliphatic heterocycles. The van der Waals surface area contributed by atoms with Gasteiger partial charge < -0.3 is 15.5 Å². The van der Waals surface area contributed by atoms with Crippen LogP contribution in [0.15, 0.2) is 0 Å². The summed E-state index contributed by atoms with van der Waals surface area (Å²) in [6.07, 6.45) is -3.29. The van der Waals surface area contributed by atoms with E-state index in [1.807, 2.05) is 7.05 Å². The van der Waals surface area contributed by atoms with Crippen LogP contribution < -0.4 is 5.73 Å². The number of nitrogens with two attached hydrogens (primary N) is 1. The highest BCUT2D eigenvalue weighted by molar-refractivity contribution is 5.86. The van der Waals surface area contributed by atoms with E-state index in [1.165, 1.54) is 4.90 Å². The van der Waals surface area contributed by atoms with Crippen LogP contribution in [0.5, 0.6) is 0 Å². The number of rotatable bonds is 4. The topological polar surface area (TPSA) is 49.6 Å². The van der Waals surface area contributed by atoms with Gasteiger partial charge in [0.25, 0.3) is 5.91 Å². The molecule has 0 spiro atoms. The van der Waals surface area contributed by atoms with Gasteiger partial charge in [-0.2, -0.15) is 13.2 Å². The lowest BCUT2D eigenvalue weighted by Crippen LogP contribution is -2.63. The molecule has 1 amide bonds. The number of hydrogen-bond acceptors (Lipinski definition) is 3. The summed E-state index contributed by atoms with van der Waals surface area (Å²) in [5.41, 5.74) is 2.40. The molecule has 1 heterocycles. The third-order valence-electron chi connectivity index (χ3n) is 4.36. The molecule has 1 aliphatic rings. The molecule has 2 N–H and O–H groups in total. The average Bonchev–Trinajstić information content (AvgIpc) is 2.37. The summed E-state index contributed by atoms with van der Waals surface area (Å²) in [6, 6.07) is 0.433. The Balaban J connectivity index is 2.55. The fourth-order valence-corrected chi connectivity index (χ4v) is 2.39. The summed E-state index contributed by atoms with van der Waals surface area (Å²) in [5, 5.41) is 0. The number of halogens is 3. The van der Waals surface area contributed by atoms with Crippen LogP contribution in [0.25, 0.3) is 0 Å². The first kappa shape index (κ1) is 18.2. The summed E-state index contributed by atoms with van der Waals surface area (Å²) in [6.45, 7) is 6.53. The van der Waals surface area contributed by atoms with Crippen LogP contribution >= 0.6 is 0 Å². The van der Waals surface area contributed by atoms with Crippen molar-refractivity contribution in [1.82, 2.24) is 9.80 Å². The smallest absolute Gasteiger partial charge is 0.341 e. The van der Waals surface area contributed by atoms with Crippen LogP contribution in [0.2, 0.25) is 0 Å². The molecule has 0 saturated carbocycles. The number of nitrogens with zero attached hydrogens (tertiary/aromatic N) is 2. The molecule has 0 aromatic rings. The first-order valence-electron chi connectivity index (χ1n) is 7.32. The molecule has 124 valence electrons. The Morgan fingerprint density at radius 1 is 1.33 bits per heavy atom. The minimum absolute atomic E-state index is 0.346. The van der Waals surface area contributed by atoms with Crippen molar-refractivity contribution in [3.63, 3.8) is 0 Å². The van der Waals surface area contributed by atoms with E-state index in [0.29, 0.717) is 25.0 Å². The minimum atomic E-state index is -4.72. The van der Waals surface area contributed by atoms with E-state index in [4.69, 9.17) is 5.73 Å². The van der Waals surface area contributed by atoms with Gasteiger partial charge in [0.2, 0.25) is 0 Å². The van der Waals surface area contributed by atoms with Crippen LogP contribution in [-0.4, -0.2) is 60.1 Å². The zero-order chi connectivity index (χ0) is 16.4. The van der Waals surface area contributed by atoms with Crippen molar-refractivity contribution >= 4 is 5.91 Å². The molecule has 0 bridgehead atoms. The SMILES string of the molecule is CC(C)N(C)CC1CCN(C(=O)C(C)(N)C(F)(F)F)CC1. The predicted octanol–water partition coefficient (Wildman–Crippen LogP) is 1.84. The van der Waals surface area contributed by atoms with Crippen molar-refractivity contribution in [3.05, 3.63) is 0 Å². The lowest BCUT2D eigenvalue weighted by Gasteiger charge is -2.38. The Bertz CT molecular complexity index is 361. The summed E-state index contributed by atoms with van der Waals surface area (Å²) >= 11 is 0. The van der Waals surface area contributed by atoms with Gasteiger partial charge in [0, 0.05) is 25.7 Å². The number of carbonyl (C=O) groups is 1. The van der Waals surface area contributed by atoms with Gasteiger partial charge in [-0.15, -0.1) is 0 Å². The Morgan fingerprint density at radius 2 is 1.81 bits per heavy atom. The number of piperidine rings is 1. The van der Waals surface area contributed by atoms with Gasteiger partial charge in [0.15, 0.2) is 5.54 Å². The lowest BCUT2D eigenvalue weighted by atomic mass is 9.93. The van der Waals surface area contributed by atoms with E-state index < -0.39 is 17.6 Å². The molecular weight excluding hydrogens is 283 g/mol. The minimum Gasteiger partial charge on any atom is -0.341 e. The summed E-state index contributed by atoms with van der Waals surface area (Å²) < 4.78 is 38.4. The van der Waals surface area contributed by atoms with Crippen LogP contribution in [0, 0.1) is 5.92 Å². The highest BCUT2D eigenvalue weighted by atomic mass is 19.4. The van der Waals surface area contributed by atoms with Gasteiger partial charge in [0.1, 0.15) is 0 Å². The van der Waals surface area contributed by atoms with Gasteiger partial charge in [-0.1, -0.05) is 0 Å². The van der Waals surface area contributed by atoms with Gasteiger partial charge in [-0.3, -0.25) is 4.79 Å². The Labute approximate surface area is 124 Å². The van der Waals surface area contributed by atoms with Crippen LogP contribution in [0.4, 0.5) is 13.2 Å². The van der Waals surface area contributed by atoms with Crippen molar-refractivity contribution in [3.8, 4) is 0 Å². The van der Waals surface area contributed by atoms with Crippen LogP contribution in [-0.2, 0) is 4.79 Å². The molecule has 1 unspecified atom stereocenters. The fraction of sp³-hybridized carbons (Fsp3) is 0.929. The molecule has 1 atom stereocenters. The second-order valence-corrected chi connectivity index (χ2v) is 6.47. The second kappa shape index (κ2) is 6.52. The summed E-state index contributed by atoms with van der Waals surface area (Å²) in [7, 11) is 2.03. The number of likely N-dealkylation sites (tertiary alicyclic amines) is 1. The molecule has 1 rings (SSSR count). The largest absolute Gasteiger partial charge is 0.415 e. The molecule has 0 aromatic heterocycles.